The van der Waals surface area contributed by atoms with Crippen LogP contribution in [0.5, 0.6) is 0 Å². The largest absolute Gasteiger partial charge is 0.756 e. The zero-order valence-corrected chi connectivity index (χ0v) is 17.7. The van der Waals surface area contributed by atoms with E-state index in [0.717, 1.165) is 0 Å². The monoisotopic (exact) mass is 477 g/mol. The quantitative estimate of drug-likeness (QED) is 0.427. The van der Waals surface area contributed by atoms with Gasteiger partial charge in [-0.2, -0.15) is 4.98 Å². The lowest BCUT2D eigenvalue weighted by molar-refractivity contribution is -0.238. The van der Waals surface area contributed by atoms with Crippen LogP contribution < -0.4 is 21.2 Å². The van der Waals surface area contributed by atoms with Crippen LogP contribution in [0.25, 0.3) is 0 Å². The Morgan fingerprint density at radius 3 is 2.59 bits per heavy atom. The summed E-state index contributed by atoms with van der Waals surface area (Å²) in [4.78, 5) is 47.4. The molecule has 0 radical (unpaired) electrons. The Morgan fingerprint density at radius 2 is 2.00 bits per heavy atom. The molecule has 0 aliphatic carbocycles. The maximum atomic E-state index is 11.9. The van der Waals surface area contributed by atoms with Crippen molar-refractivity contribution < 1.29 is 50.8 Å². The SMILES string of the molecule is COP(=O)([O-])OP(=O)([O-])OP(=O)(O)OC[C@@H]1C[C@H](C)[C@H](n2ccc(N)nc2=O)O1. The van der Waals surface area contributed by atoms with Gasteiger partial charge in [0.05, 0.1) is 12.7 Å². The molecule has 0 bridgehead atoms. The summed E-state index contributed by atoms with van der Waals surface area (Å²) in [7, 11) is -15.8. The van der Waals surface area contributed by atoms with Crippen LogP contribution in [0.1, 0.15) is 19.6 Å². The number of anilines is 1. The predicted molar refractivity (Wildman–Crippen MR) is 90.8 cm³/mol. The second-order valence-electron chi connectivity index (χ2n) is 5.91. The van der Waals surface area contributed by atoms with E-state index in [9.17, 15) is 33.2 Å². The second-order valence-corrected chi connectivity index (χ2v) is 10.6. The van der Waals surface area contributed by atoms with Gasteiger partial charge in [-0.25, -0.2) is 18.0 Å². The highest BCUT2D eigenvalue weighted by molar-refractivity contribution is 7.65. The minimum atomic E-state index is -5.79. The fourth-order valence-electron chi connectivity index (χ4n) is 2.48. The lowest BCUT2D eigenvalue weighted by Crippen LogP contribution is -2.29. The number of phosphoric acid groups is 3. The van der Waals surface area contributed by atoms with Crippen LogP contribution in [0.15, 0.2) is 17.1 Å². The zero-order chi connectivity index (χ0) is 22.0. The zero-order valence-electron chi connectivity index (χ0n) is 15.1. The van der Waals surface area contributed by atoms with Crippen LogP contribution in [0.4, 0.5) is 5.82 Å². The average Bonchev–Trinajstić information content (AvgIpc) is 2.92. The minimum absolute atomic E-state index is 0.0236. The summed E-state index contributed by atoms with van der Waals surface area (Å²) in [6, 6.07) is 1.39. The highest BCUT2D eigenvalue weighted by Crippen LogP contribution is 2.64. The number of ether oxygens (including phenoxy) is 1. The van der Waals surface area contributed by atoms with Gasteiger partial charge in [0.15, 0.2) is 0 Å². The van der Waals surface area contributed by atoms with Crippen LogP contribution in [0.3, 0.4) is 0 Å². The van der Waals surface area contributed by atoms with Crippen molar-refractivity contribution >= 4 is 29.3 Å². The Bertz CT molecular complexity index is 937. The van der Waals surface area contributed by atoms with E-state index in [4.69, 9.17) is 10.5 Å². The molecule has 1 aliphatic rings. The molecule has 18 heteroatoms. The number of hydrogen-bond acceptors (Lipinski definition) is 13. The van der Waals surface area contributed by atoms with Crippen molar-refractivity contribution in [2.45, 2.75) is 25.7 Å². The van der Waals surface area contributed by atoms with Crippen LogP contribution in [-0.2, 0) is 36.1 Å². The number of aromatic nitrogens is 2. The predicted octanol–water partition coefficient (Wildman–Crippen LogP) is -0.518. The first-order valence-electron chi connectivity index (χ1n) is 7.81. The summed E-state index contributed by atoms with van der Waals surface area (Å²) in [6.45, 7) is 1.13. The van der Waals surface area contributed by atoms with Gasteiger partial charge in [-0.3, -0.25) is 18.2 Å². The summed E-state index contributed by atoms with van der Waals surface area (Å²) < 4.78 is 56.5. The van der Waals surface area contributed by atoms with Crippen molar-refractivity contribution in [2.75, 3.05) is 19.5 Å². The Balaban J connectivity index is 1.97. The first kappa shape index (κ1) is 24.3. The number of rotatable bonds is 9. The topological polar surface area (TPSA) is 225 Å². The standard InChI is InChI=1S/C11H20N3O12P3/c1-7-5-8(24-10(7)14-4-3-9(12)13-11(14)15)6-23-28(18,19)26-29(20,21)25-27(16,17)22-2/h3-4,7-8,10H,5-6H2,1-2H3,(H,16,17)(H,18,19)(H,20,21)(H2,12,13,15)/p-2/t7-,8-,10+/m0/s1. The molecule has 166 valence electrons. The fraction of sp³-hybridized carbons (Fsp3) is 0.636. The molecule has 2 rings (SSSR count). The Hall–Kier alpha value is -0.950. The maximum absolute atomic E-state index is 11.9. The van der Waals surface area contributed by atoms with E-state index < -0.39 is 48.1 Å². The Labute approximate surface area is 164 Å². The summed E-state index contributed by atoms with van der Waals surface area (Å²) >= 11 is 0. The summed E-state index contributed by atoms with van der Waals surface area (Å²) in [5, 5.41) is 0. The lowest BCUT2D eigenvalue weighted by atomic mass is 10.1. The summed E-state index contributed by atoms with van der Waals surface area (Å²) in [6.07, 6.45) is 0.0501. The van der Waals surface area contributed by atoms with Crippen LogP contribution in [0, 0.1) is 5.92 Å². The van der Waals surface area contributed by atoms with E-state index in [0.29, 0.717) is 7.11 Å². The molecule has 3 N–H and O–H groups in total. The highest BCUT2D eigenvalue weighted by Gasteiger charge is 2.37. The Kier molecular flexibility index (Phi) is 7.59. The van der Waals surface area contributed by atoms with Gasteiger partial charge in [-0.1, -0.05) is 6.92 Å². The van der Waals surface area contributed by atoms with E-state index in [1.54, 1.807) is 6.92 Å². The minimum Gasteiger partial charge on any atom is -0.756 e. The first-order valence-corrected chi connectivity index (χ1v) is 12.2. The molecule has 1 aliphatic heterocycles. The lowest BCUT2D eigenvalue weighted by Gasteiger charge is -2.30. The van der Waals surface area contributed by atoms with Crippen LogP contribution in [-0.4, -0.2) is 34.3 Å². The second kappa shape index (κ2) is 9.04. The summed E-state index contributed by atoms with van der Waals surface area (Å²) in [5.74, 6) is -0.219. The summed E-state index contributed by atoms with van der Waals surface area (Å²) in [5.41, 5.74) is 4.76. The van der Waals surface area contributed by atoms with Gasteiger partial charge in [0.25, 0.3) is 15.6 Å². The molecule has 3 unspecified atom stereocenters. The first-order chi connectivity index (χ1) is 13.2. The van der Waals surface area contributed by atoms with Crippen LogP contribution in [0.2, 0.25) is 0 Å². The van der Waals surface area contributed by atoms with Crippen molar-refractivity contribution in [3.05, 3.63) is 22.7 Å². The van der Waals surface area contributed by atoms with Gasteiger partial charge in [-0.15, -0.1) is 0 Å². The number of nitrogen functional groups attached to an aromatic ring is 1. The van der Waals surface area contributed by atoms with Crippen molar-refractivity contribution in [1.29, 1.82) is 0 Å². The number of nitrogens with zero attached hydrogens (tertiary/aromatic N) is 2. The third-order valence-corrected chi connectivity index (χ3v) is 7.78. The molecule has 0 saturated carbocycles. The van der Waals surface area contributed by atoms with Gasteiger partial charge >= 0.3 is 13.5 Å². The molecular weight excluding hydrogens is 459 g/mol. The van der Waals surface area contributed by atoms with Crippen molar-refractivity contribution in [2.24, 2.45) is 5.92 Å². The van der Waals surface area contributed by atoms with Gasteiger partial charge in [0, 0.05) is 19.2 Å². The number of hydrogen-bond donors (Lipinski definition) is 2. The number of nitrogens with two attached hydrogens (primary N) is 1. The van der Waals surface area contributed by atoms with E-state index in [2.05, 4.69) is 22.7 Å². The van der Waals surface area contributed by atoms with Crippen molar-refractivity contribution in [3.8, 4) is 0 Å². The molecule has 1 fully saturated rings. The Morgan fingerprint density at radius 1 is 1.34 bits per heavy atom. The van der Waals surface area contributed by atoms with Crippen molar-refractivity contribution in [3.63, 3.8) is 0 Å². The smallest absolute Gasteiger partial charge is 0.478 e. The molecule has 0 aromatic carbocycles. The molecule has 1 aromatic rings. The molecule has 0 spiro atoms. The van der Waals surface area contributed by atoms with Gasteiger partial charge in [-0.05, 0) is 12.5 Å². The molecule has 29 heavy (non-hydrogen) atoms. The molecule has 1 aromatic heterocycles. The van der Waals surface area contributed by atoms with Crippen LogP contribution >= 0.6 is 23.5 Å². The van der Waals surface area contributed by atoms with E-state index in [1.807, 2.05) is 0 Å². The molecular formula is C11H18N3O12P3-2. The highest BCUT2D eigenvalue weighted by atomic mass is 31.3. The normalized spacial score (nSPS) is 28.4. The third kappa shape index (κ3) is 7.06. The molecule has 15 nitrogen and oxygen atoms in total. The molecule has 2 heterocycles. The average molecular weight is 477 g/mol. The molecule has 6 atom stereocenters. The third-order valence-electron chi connectivity index (χ3n) is 3.63. The van der Waals surface area contributed by atoms with E-state index in [1.165, 1.54) is 16.8 Å². The number of phosphoric ester groups is 2. The van der Waals surface area contributed by atoms with Gasteiger partial charge in [0.2, 0.25) is 0 Å². The fourth-order valence-corrected chi connectivity index (χ4v) is 5.67. The van der Waals surface area contributed by atoms with E-state index in [-0.39, 0.29) is 18.2 Å². The molecule has 1 saturated heterocycles. The maximum Gasteiger partial charge on any atom is 0.478 e. The van der Waals surface area contributed by atoms with Gasteiger partial charge < -0.3 is 29.7 Å². The van der Waals surface area contributed by atoms with Crippen molar-refractivity contribution in [1.82, 2.24) is 9.55 Å². The van der Waals surface area contributed by atoms with Gasteiger partial charge in [0.1, 0.15) is 12.0 Å². The molecule has 0 amide bonds. The van der Waals surface area contributed by atoms with E-state index >= 15 is 0 Å².